The zero-order chi connectivity index (χ0) is 21.0. The summed E-state index contributed by atoms with van der Waals surface area (Å²) in [5.41, 5.74) is 1.53. The van der Waals surface area contributed by atoms with Crippen molar-refractivity contribution in [3.8, 4) is 0 Å². The molecule has 1 rings (SSSR count). The van der Waals surface area contributed by atoms with Gasteiger partial charge in [-0.05, 0) is 19.3 Å². The summed E-state index contributed by atoms with van der Waals surface area (Å²) in [6.07, 6.45) is 12.1. The van der Waals surface area contributed by atoms with Crippen LogP contribution in [-0.2, 0) is 20.4 Å². The molecule has 0 bridgehead atoms. The van der Waals surface area contributed by atoms with Gasteiger partial charge in [0.1, 0.15) is 0 Å². The van der Waals surface area contributed by atoms with Gasteiger partial charge in [0.2, 0.25) is 0 Å². The van der Waals surface area contributed by atoms with Crippen molar-refractivity contribution in [3.05, 3.63) is 59.6 Å². The van der Waals surface area contributed by atoms with Crippen molar-refractivity contribution in [1.82, 2.24) is 0 Å². The van der Waals surface area contributed by atoms with Crippen molar-refractivity contribution in [2.24, 2.45) is 0 Å². The normalized spacial score (nSPS) is 15.1. The first kappa shape index (κ1) is 30.0. The molecule has 0 aromatic rings. The van der Waals surface area contributed by atoms with Crippen LogP contribution >= 0.6 is 0 Å². The van der Waals surface area contributed by atoms with Crippen molar-refractivity contribution in [1.29, 1.82) is 0 Å². The topological polar surface area (TPSA) is 69.2 Å². The van der Waals surface area contributed by atoms with E-state index in [-0.39, 0.29) is 0 Å². The average Bonchev–Trinajstić information content (AvgIpc) is 2.94. The molecular weight excluding hydrogens is 360 g/mol. The summed E-state index contributed by atoms with van der Waals surface area (Å²) in [5, 5.41) is 30.2. The van der Waals surface area contributed by atoms with E-state index in [1.807, 2.05) is 0 Å². The Kier molecular flexibility index (Phi) is 25.8. The van der Waals surface area contributed by atoms with Crippen LogP contribution in [0.15, 0.2) is 59.6 Å². The van der Waals surface area contributed by atoms with Gasteiger partial charge in [-0.25, -0.2) is 0 Å². The molecular formula is C22H36O3Ti. The van der Waals surface area contributed by atoms with Crippen molar-refractivity contribution >= 4 is 0 Å². The molecule has 0 saturated heterocycles. The first-order chi connectivity index (χ1) is 12.2. The second-order valence-corrected chi connectivity index (χ2v) is 6.91. The summed E-state index contributed by atoms with van der Waals surface area (Å²) in [6, 6.07) is 0. The molecule has 1 aliphatic rings. The SMILES string of the molecule is C=CCC(C)[O-].C=CCC(C)[O-].C=CCC(C)[O-].CCC1=[C]([Ti+3])CC=C1. The molecule has 0 N–H and O–H groups in total. The fourth-order valence-corrected chi connectivity index (χ4v) is 2.18. The molecule has 0 saturated carbocycles. The van der Waals surface area contributed by atoms with Crippen LogP contribution in [0.1, 0.15) is 59.8 Å². The Labute approximate surface area is 173 Å². The molecule has 0 aliphatic heterocycles. The fourth-order valence-electron chi connectivity index (χ4n) is 1.59. The molecule has 0 heterocycles. The summed E-state index contributed by atoms with van der Waals surface area (Å²) >= 11 is 2.21. The van der Waals surface area contributed by atoms with Gasteiger partial charge in [0.15, 0.2) is 0 Å². The molecule has 0 spiro atoms. The van der Waals surface area contributed by atoms with Crippen LogP contribution in [0.25, 0.3) is 0 Å². The molecule has 4 heteroatoms. The second kappa shape index (κ2) is 22.3. The van der Waals surface area contributed by atoms with Crippen LogP contribution in [0.4, 0.5) is 0 Å². The molecule has 0 aromatic carbocycles. The van der Waals surface area contributed by atoms with Crippen molar-refractivity contribution in [2.45, 2.75) is 78.1 Å². The van der Waals surface area contributed by atoms with Crippen LogP contribution < -0.4 is 15.3 Å². The van der Waals surface area contributed by atoms with Crippen molar-refractivity contribution < 1.29 is 35.8 Å². The molecule has 1 aliphatic carbocycles. The Morgan fingerprint density at radius 3 is 1.35 bits per heavy atom. The molecule has 0 aromatic heterocycles. The van der Waals surface area contributed by atoms with Crippen molar-refractivity contribution in [2.75, 3.05) is 0 Å². The van der Waals surface area contributed by atoms with Gasteiger partial charge in [0, 0.05) is 0 Å². The van der Waals surface area contributed by atoms with Gasteiger partial charge in [0.25, 0.3) is 0 Å². The van der Waals surface area contributed by atoms with Gasteiger partial charge in [-0.15, -0.1) is 38.0 Å². The van der Waals surface area contributed by atoms with E-state index >= 15 is 0 Å². The summed E-state index contributed by atoms with van der Waals surface area (Å²) < 4.78 is 1.55. The molecule has 146 valence electrons. The molecule has 0 amide bonds. The summed E-state index contributed by atoms with van der Waals surface area (Å²) in [5.74, 6) is 0. The average molecular weight is 396 g/mol. The van der Waals surface area contributed by atoms with Gasteiger partial charge in [0.05, 0.1) is 0 Å². The van der Waals surface area contributed by atoms with Crippen LogP contribution in [0.5, 0.6) is 0 Å². The van der Waals surface area contributed by atoms with Crippen LogP contribution in [0.3, 0.4) is 0 Å². The Bertz CT molecular complexity index is 374. The van der Waals surface area contributed by atoms with E-state index < -0.39 is 18.3 Å². The first-order valence-electron chi connectivity index (χ1n) is 9.06. The van der Waals surface area contributed by atoms with Crippen LogP contribution in [-0.4, -0.2) is 18.3 Å². The zero-order valence-corrected chi connectivity index (χ0v) is 18.6. The Morgan fingerprint density at radius 1 is 0.923 bits per heavy atom. The van der Waals surface area contributed by atoms with Gasteiger partial charge in [-0.1, -0.05) is 39.0 Å². The summed E-state index contributed by atoms with van der Waals surface area (Å²) in [6.45, 7) is 17.3. The number of hydrogen-bond donors (Lipinski definition) is 0. The van der Waals surface area contributed by atoms with E-state index in [1.54, 1.807) is 42.9 Å². The van der Waals surface area contributed by atoms with Gasteiger partial charge < -0.3 is 15.3 Å². The zero-order valence-electron chi connectivity index (χ0n) is 17.0. The van der Waals surface area contributed by atoms with Crippen LogP contribution in [0, 0.1) is 0 Å². The number of allylic oxidation sites excluding steroid dienone is 4. The summed E-state index contributed by atoms with van der Waals surface area (Å²) in [4.78, 5) is 0. The third kappa shape index (κ3) is 28.1. The maximum atomic E-state index is 10.1. The first-order valence-corrected chi connectivity index (χ1v) is 9.84. The fraction of sp³-hybridized carbons (Fsp3) is 0.545. The number of hydrogen-bond acceptors (Lipinski definition) is 3. The predicted molar refractivity (Wildman–Crippen MR) is 104 cm³/mol. The standard InChI is InChI=1S/C7H9.3C5H9O.Ti/c1-2-7-5-3-4-6-7;3*1-3-4-5(2)6;/h3,5H,2,4H2,1H3;3*3,5H,1,4H2,2H3;/q;3*-1;+3. The Morgan fingerprint density at radius 2 is 1.27 bits per heavy atom. The summed E-state index contributed by atoms with van der Waals surface area (Å²) in [7, 11) is 0. The third-order valence-electron chi connectivity index (χ3n) is 2.91. The molecule has 3 atom stereocenters. The second-order valence-electron chi connectivity index (χ2n) is 5.97. The Hall–Kier alpha value is -0.706. The minimum absolute atomic E-state index is 0.470. The maximum absolute atomic E-state index is 10.1. The van der Waals surface area contributed by atoms with E-state index in [0.29, 0.717) is 19.3 Å². The van der Waals surface area contributed by atoms with Crippen LogP contribution in [0.2, 0.25) is 0 Å². The van der Waals surface area contributed by atoms with Gasteiger partial charge in [-0.2, -0.15) is 0 Å². The molecule has 3 nitrogen and oxygen atoms in total. The van der Waals surface area contributed by atoms with Crippen molar-refractivity contribution in [3.63, 3.8) is 0 Å². The van der Waals surface area contributed by atoms with E-state index in [2.05, 4.69) is 59.2 Å². The Balaban J connectivity index is -0.000000275. The van der Waals surface area contributed by atoms with E-state index in [4.69, 9.17) is 0 Å². The quantitative estimate of drug-likeness (QED) is 0.491. The van der Waals surface area contributed by atoms with Gasteiger partial charge >= 0.3 is 61.8 Å². The molecule has 26 heavy (non-hydrogen) atoms. The minimum atomic E-state index is -0.470. The van der Waals surface area contributed by atoms with E-state index in [1.165, 1.54) is 18.4 Å². The van der Waals surface area contributed by atoms with E-state index in [0.717, 1.165) is 0 Å². The van der Waals surface area contributed by atoms with Gasteiger partial charge in [-0.3, -0.25) is 0 Å². The monoisotopic (exact) mass is 396 g/mol. The molecule has 0 radical (unpaired) electrons. The molecule has 0 fully saturated rings. The predicted octanol–water partition coefficient (Wildman–Crippen LogP) is 3.09. The van der Waals surface area contributed by atoms with E-state index in [9.17, 15) is 15.3 Å². The third-order valence-corrected chi connectivity index (χ3v) is 3.73. The number of rotatable bonds is 7. The molecule has 3 unspecified atom stereocenters.